The summed E-state index contributed by atoms with van der Waals surface area (Å²) in [6.45, 7) is 8.82. The van der Waals surface area contributed by atoms with Crippen LogP contribution >= 0.6 is 0 Å². The number of ether oxygens (including phenoxy) is 1. The Labute approximate surface area is 157 Å². The maximum atomic E-state index is 15.3. The van der Waals surface area contributed by atoms with Crippen LogP contribution in [0.5, 0.6) is 0 Å². The number of carbonyl (C=O) groups excluding carboxylic acids is 1. The highest BCUT2D eigenvalue weighted by molar-refractivity contribution is 5.90. The molecule has 0 radical (unpaired) electrons. The van der Waals surface area contributed by atoms with Crippen LogP contribution in [0.25, 0.3) is 0 Å². The van der Waals surface area contributed by atoms with E-state index in [1.54, 1.807) is 20.8 Å². The number of rotatable bonds is 5. The summed E-state index contributed by atoms with van der Waals surface area (Å²) in [7, 11) is 2.60. The van der Waals surface area contributed by atoms with Gasteiger partial charge in [0.25, 0.3) is 0 Å². The van der Waals surface area contributed by atoms with Crippen molar-refractivity contribution in [3.63, 3.8) is 0 Å². The standard InChI is InChI=1S/C18H25F3N4O2/c1-16(2,3)27-15(26)23-13-10-8-9-12(11-13)17(4,19)18(20,21)14(24-22-5)25(6)7/h8-11H,5H2,1-4,6-7H3,(H,23,26)/b24-14-. The summed E-state index contributed by atoms with van der Waals surface area (Å²) >= 11 is 0. The first-order valence-corrected chi connectivity index (χ1v) is 8.11. The second kappa shape index (κ2) is 7.98. The Morgan fingerprint density at radius 2 is 1.78 bits per heavy atom. The van der Waals surface area contributed by atoms with Crippen molar-refractivity contribution in [1.82, 2.24) is 4.90 Å². The molecule has 1 unspecified atom stereocenters. The van der Waals surface area contributed by atoms with Crippen LogP contribution in [-0.4, -0.2) is 49.2 Å². The van der Waals surface area contributed by atoms with Crippen LogP contribution in [0, 0.1) is 0 Å². The Bertz CT molecular complexity index is 726. The van der Waals surface area contributed by atoms with Crippen LogP contribution in [0.2, 0.25) is 0 Å². The van der Waals surface area contributed by atoms with Crippen molar-refractivity contribution in [3.8, 4) is 0 Å². The predicted molar refractivity (Wildman–Crippen MR) is 100 cm³/mol. The number of hydrogen-bond acceptors (Lipinski definition) is 4. The third-order valence-corrected chi connectivity index (χ3v) is 3.51. The SMILES string of the molecule is C=N/N=C(\N(C)C)C(F)(F)C(C)(F)c1cccc(NC(=O)OC(C)(C)C)c1. The molecule has 27 heavy (non-hydrogen) atoms. The van der Waals surface area contributed by atoms with Crippen LogP contribution in [-0.2, 0) is 10.4 Å². The average molecular weight is 386 g/mol. The van der Waals surface area contributed by atoms with Gasteiger partial charge in [0.15, 0.2) is 0 Å². The van der Waals surface area contributed by atoms with Crippen LogP contribution in [0.15, 0.2) is 34.5 Å². The van der Waals surface area contributed by atoms with E-state index in [9.17, 15) is 13.6 Å². The number of amidine groups is 1. The van der Waals surface area contributed by atoms with Crippen LogP contribution in [0.1, 0.15) is 33.3 Å². The van der Waals surface area contributed by atoms with E-state index in [4.69, 9.17) is 4.74 Å². The first-order chi connectivity index (χ1) is 12.2. The van der Waals surface area contributed by atoms with Gasteiger partial charge in [-0.05, 0) is 45.4 Å². The molecule has 1 atom stereocenters. The van der Waals surface area contributed by atoms with E-state index < -0.39 is 29.1 Å². The molecule has 1 N–H and O–H groups in total. The molecule has 0 aliphatic heterocycles. The van der Waals surface area contributed by atoms with Gasteiger partial charge in [0.2, 0.25) is 11.5 Å². The highest BCUT2D eigenvalue weighted by atomic mass is 19.3. The van der Waals surface area contributed by atoms with E-state index in [2.05, 4.69) is 22.2 Å². The molecule has 0 fully saturated rings. The summed E-state index contributed by atoms with van der Waals surface area (Å²) < 4.78 is 50.1. The molecule has 0 aromatic heterocycles. The summed E-state index contributed by atoms with van der Waals surface area (Å²) in [4.78, 5) is 12.8. The van der Waals surface area contributed by atoms with Crippen molar-refractivity contribution in [2.45, 2.75) is 44.9 Å². The van der Waals surface area contributed by atoms with Crippen molar-refractivity contribution in [3.05, 3.63) is 29.8 Å². The molecule has 0 aliphatic rings. The molecule has 0 saturated heterocycles. The molecule has 1 aromatic carbocycles. The van der Waals surface area contributed by atoms with Gasteiger partial charge in [-0.2, -0.15) is 13.9 Å². The summed E-state index contributed by atoms with van der Waals surface area (Å²) in [6.07, 6.45) is -0.779. The zero-order valence-electron chi connectivity index (χ0n) is 16.3. The number of nitrogens with one attached hydrogen (secondary N) is 1. The molecule has 1 amide bonds. The normalized spacial score (nSPS) is 14.9. The lowest BCUT2D eigenvalue weighted by Crippen LogP contribution is -2.51. The Morgan fingerprint density at radius 1 is 1.19 bits per heavy atom. The number of nitrogens with zero attached hydrogens (tertiary/aromatic N) is 3. The van der Waals surface area contributed by atoms with Crippen molar-refractivity contribution in [2.24, 2.45) is 10.2 Å². The lowest BCUT2D eigenvalue weighted by molar-refractivity contribution is -0.0838. The molecule has 0 bridgehead atoms. The van der Waals surface area contributed by atoms with Gasteiger partial charge >= 0.3 is 12.0 Å². The van der Waals surface area contributed by atoms with Gasteiger partial charge < -0.3 is 9.64 Å². The molecule has 9 heteroatoms. The summed E-state index contributed by atoms with van der Waals surface area (Å²) in [5.74, 6) is -4.89. The highest BCUT2D eigenvalue weighted by Gasteiger charge is 2.57. The summed E-state index contributed by atoms with van der Waals surface area (Å²) in [5.41, 5.74) is -4.10. The topological polar surface area (TPSA) is 66.3 Å². The van der Waals surface area contributed by atoms with Gasteiger partial charge in [0, 0.05) is 26.5 Å². The maximum absolute atomic E-state index is 15.3. The van der Waals surface area contributed by atoms with Crippen LogP contribution in [0.3, 0.4) is 0 Å². The monoisotopic (exact) mass is 386 g/mol. The maximum Gasteiger partial charge on any atom is 0.412 e. The highest BCUT2D eigenvalue weighted by Crippen LogP contribution is 2.43. The average Bonchev–Trinajstić information content (AvgIpc) is 2.50. The Morgan fingerprint density at radius 3 is 2.26 bits per heavy atom. The number of amides is 1. The fourth-order valence-corrected chi connectivity index (χ4v) is 2.20. The first-order valence-electron chi connectivity index (χ1n) is 8.11. The third-order valence-electron chi connectivity index (χ3n) is 3.51. The molecular formula is C18H25F3N4O2. The second-order valence-corrected chi connectivity index (χ2v) is 7.24. The van der Waals surface area contributed by atoms with Gasteiger partial charge in [0.05, 0.1) is 0 Å². The fourth-order valence-electron chi connectivity index (χ4n) is 2.20. The Balaban J connectivity index is 3.22. The van der Waals surface area contributed by atoms with Gasteiger partial charge in [0.1, 0.15) is 5.60 Å². The number of carbonyl (C=O) groups is 1. The first kappa shape index (κ1) is 22.5. The van der Waals surface area contributed by atoms with Crippen LogP contribution < -0.4 is 5.32 Å². The molecule has 150 valence electrons. The van der Waals surface area contributed by atoms with Crippen molar-refractivity contribution in [2.75, 3.05) is 19.4 Å². The molecule has 1 rings (SSSR count). The molecule has 0 heterocycles. The number of hydrogen-bond donors (Lipinski definition) is 1. The minimum Gasteiger partial charge on any atom is -0.444 e. The molecule has 6 nitrogen and oxygen atoms in total. The quantitative estimate of drug-likeness (QED) is 0.463. The minimum absolute atomic E-state index is 0.117. The number of benzene rings is 1. The van der Waals surface area contributed by atoms with E-state index in [1.165, 1.54) is 32.3 Å². The van der Waals surface area contributed by atoms with Crippen molar-refractivity contribution < 1.29 is 22.7 Å². The van der Waals surface area contributed by atoms with Crippen molar-refractivity contribution >= 4 is 24.3 Å². The van der Waals surface area contributed by atoms with E-state index in [0.717, 1.165) is 17.9 Å². The molecule has 0 aliphatic carbocycles. The van der Waals surface area contributed by atoms with E-state index >= 15 is 4.39 Å². The second-order valence-electron chi connectivity index (χ2n) is 7.24. The zero-order chi connectivity index (χ0) is 21.0. The zero-order valence-corrected chi connectivity index (χ0v) is 16.3. The summed E-state index contributed by atoms with van der Waals surface area (Å²) in [6, 6.07) is 5.11. The lowest BCUT2D eigenvalue weighted by Gasteiger charge is -2.33. The molecular weight excluding hydrogens is 361 g/mol. The largest absolute Gasteiger partial charge is 0.444 e. The number of alkyl halides is 3. The third kappa shape index (κ3) is 5.45. The predicted octanol–water partition coefficient (Wildman–Crippen LogP) is 4.43. The molecule has 0 spiro atoms. The van der Waals surface area contributed by atoms with Gasteiger partial charge in [-0.25, -0.2) is 9.18 Å². The van der Waals surface area contributed by atoms with E-state index in [-0.39, 0.29) is 11.3 Å². The molecule has 1 aromatic rings. The van der Waals surface area contributed by atoms with Crippen LogP contribution in [0.4, 0.5) is 23.7 Å². The minimum atomic E-state index is -4.01. The number of halogens is 3. The molecule has 0 saturated carbocycles. The fraction of sp³-hybridized carbons (Fsp3) is 0.500. The smallest absolute Gasteiger partial charge is 0.412 e. The Hall–Kier alpha value is -2.58. The van der Waals surface area contributed by atoms with Gasteiger partial charge in [-0.15, -0.1) is 5.10 Å². The Kier molecular flexibility index (Phi) is 6.63. The van der Waals surface area contributed by atoms with Gasteiger partial charge in [-0.1, -0.05) is 12.1 Å². The summed E-state index contributed by atoms with van der Waals surface area (Å²) in [5, 5.41) is 8.77. The van der Waals surface area contributed by atoms with E-state index in [0.29, 0.717) is 0 Å². The van der Waals surface area contributed by atoms with Crippen molar-refractivity contribution in [1.29, 1.82) is 0 Å². The van der Waals surface area contributed by atoms with E-state index in [1.807, 2.05) is 0 Å². The lowest BCUT2D eigenvalue weighted by atomic mass is 9.89. The number of anilines is 1. The van der Waals surface area contributed by atoms with Gasteiger partial charge in [-0.3, -0.25) is 5.32 Å².